The van der Waals surface area contributed by atoms with Crippen LogP contribution in [-0.2, 0) is 26.3 Å². The maximum absolute atomic E-state index is 14.5. The molecule has 1 N–H and O–H groups in total. The van der Waals surface area contributed by atoms with Gasteiger partial charge in [-0.15, -0.1) is 0 Å². The van der Waals surface area contributed by atoms with Gasteiger partial charge in [-0.3, -0.25) is 9.59 Å². The summed E-state index contributed by atoms with van der Waals surface area (Å²) in [5.74, 6) is -1.27. The molecule has 0 aromatic heterocycles. The van der Waals surface area contributed by atoms with Crippen molar-refractivity contribution in [3.8, 4) is 5.75 Å². The van der Waals surface area contributed by atoms with Gasteiger partial charge in [0.05, 0.1) is 12.8 Å². The Balaban J connectivity index is 2.45. The van der Waals surface area contributed by atoms with Gasteiger partial charge in [-0.2, -0.15) is 12.7 Å². The largest absolute Gasteiger partial charge is 0.497 e. The molecular formula is C22H29FN4O5S. The zero-order valence-corrected chi connectivity index (χ0v) is 20.1. The van der Waals surface area contributed by atoms with Crippen LogP contribution in [0.25, 0.3) is 0 Å². The van der Waals surface area contributed by atoms with Crippen LogP contribution in [0.5, 0.6) is 5.75 Å². The van der Waals surface area contributed by atoms with Gasteiger partial charge in [-0.1, -0.05) is 24.3 Å². The highest BCUT2D eigenvalue weighted by molar-refractivity contribution is 7.90. The lowest BCUT2D eigenvalue weighted by atomic mass is 10.1. The first-order valence-corrected chi connectivity index (χ1v) is 11.5. The van der Waals surface area contributed by atoms with Crippen molar-refractivity contribution in [3.63, 3.8) is 0 Å². The molecule has 2 amide bonds. The quantitative estimate of drug-likeness (QED) is 0.557. The second-order valence-corrected chi connectivity index (χ2v) is 9.47. The van der Waals surface area contributed by atoms with Crippen molar-refractivity contribution in [2.75, 3.05) is 39.1 Å². The van der Waals surface area contributed by atoms with E-state index in [9.17, 15) is 22.4 Å². The molecule has 0 spiro atoms. The van der Waals surface area contributed by atoms with Crippen LogP contribution in [0.2, 0.25) is 0 Å². The van der Waals surface area contributed by atoms with E-state index in [-0.39, 0.29) is 12.2 Å². The lowest BCUT2D eigenvalue weighted by Crippen LogP contribution is -2.52. The molecule has 9 nitrogen and oxygen atoms in total. The summed E-state index contributed by atoms with van der Waals surface area (Å²) in [4.78, 5) is 27.0. The molecule has 2 aromatic rings. The van der Waals surface area contributed by atoms with E-state index in [0.29, 0.717) is 15.6 Å². The first-order chi connectivity index (χ1) is 15.5. The Hall–Kier alpha value is -3.18. The molecule has 0 saturated heterocycles. The van der Waals surface area contributed by atoms with Gasteiger partial charge in [0.25, 0.3) is 0 Å². The zero-order chi connectivity index (χ0) is 24.8. The van der Waals surface area contributed by atoms with Gasteiger partial charge in [0.2, 0.25) is 11.8 Å². The number of benzene rings is 2. The average molecular weight is 481 g/mol. The average Bonchev–Trinajstić information content (AvgIpc) is 2.80. The first-order valence-electron chi connectivity index (χ1n) is 10.1. The third kappa shape index (κ3) is 6.20. The van der Waals surface area contributed by atoms with E-state index in [0.717, 1.165) is 10.4 Å². The van der Waals surface area contributed by atoms with Gasteiger partial charge in [-0.05, 0) is 36.8 Å². The topological polar surface area (TPSA) is 99.3 Å². The van der Waals surface area contributed by atoms with Crippen LogP contribution < -0.4 is 14.4 Å². The molecule has 0 heterocycles. The number of likely N-dealkylation sites (N-methyl/N-ethyl adjacent to an activating group) is 1. The van der Waals surface area contributed by atoms with Crippen LogP contribution in [0.1, 0.15) is 12.5 Å². The Morgan fingerprint density at radius 1 is 1.09 bits per heavy atom. The van der Waals surface area contributed by atoms with Crippen LogP contribution in [-0.4, -0.2) is 70.3 Å². The minimum Gasteiger partial charge on any atom is -0.497 e. The molecule has 0 radical (unpaired) electrons. The fraction of sp³-hybridized carbons (Fsp3) is 0.364. The van der Waals surface area contributed by atoms with E-state index in [2.05, 4.69) is 5.32 Å². The van der Waals surface area contributed by atoms with E-state index in [1.54, 1.807) is 24.3 Å². The van der Waals surface area contributed by atoms with Gasteiger partial charge >= 0.3 is 10.2 Å². The van der Waals surface area contributed by atoms with E-state index in [1.165, 1.54) is 58.3 Å². The SMILES string of the molecule is CNC(=O)C(C)N(Cc1ccc(OC)cc1)C(=O)CN(c1ccccc1F)S(=O)(=O)N(C)C. The smallest absolute Gasteiger partial charge is 0.304 e. The molecule has 2 rings (SSSR count). The molecule has 0 fully saturated rings. The molecule has 0 aliphatic rings. The highest BCUT2D eigenvalue weighted by Gasteiger charge is 2.33. The molecule has 2 aromatic carbocycles. The van der Waals surface area contributed by atoms with Crippen molar-refractivity contribution < 1.29 is 27.1 Å². The number of halogens is 1. The Morgan fingerprint density at radius 2 is 1.70 bits per heavy atom. The lowest BCUT2D eigenvalue weighted by molar-refractivity contribution is -0.139. The van der Waals surface area contributed by atoms with Crippen molar-refractivity contribution in [1.29, 1.82) is 0 Å². The number of amides is 2. The molecule has 0 aliphatic heterocycles. The van der Waals surface area contributed by atoms with Gasteiger partial charge in [0, 0.05) is 27.7 Å². The molecule has 180 valence electrons. The summed E-state index contributed by atoms with van der Waals surface area (Å²) in [6.07, 6.45) is 0. The van der Waals surface area contributed by atoms with Crippen LogP contribution in [0.15, 0.2) is 48.5 Å². The Morgan fingerprint density at radius 3 is 2.21 bits per heavy atom. The maximum Gasteiger partial charge on any atom is 0.304 e. The van der Waals surface area contributed by atoms with Crippen molar-refractivity contribution in [1.82, 2.24) is 14.5 Å². The van der Waals surface area contributed by atoms with Gasteiger partial charge in [0.1, 0.15) is 24.2 Å². The summed E-state index contributed by atoms with van der Waals surface area (Å²) in [5.41, 5.74) is 0.435. The predicted molar refractivity (Wildman–Crippen MR) is 123 cm³/mol. The van der Waals surface area contributed by atoms with E-state index in [1.807, 2.05) is 0 Å². The summed E-state index contributed by atoms with van der Waals surface area (Å²) in [5, 5.41) is 2.49. The minimum atomic E-state index is -4.21. The van der Waals surface area contributed by atoms with E-state index < -0.39 is 40.4 Å². The second kappa shape index (κ2) is 11.1. The molecule has 0 aliphatic carbocycles. The highest BCUT2D eigenvalue weighted by Crippen LogP contribution is 2.24. The molecule has 0 saturated carbocycles. The number of hydrogen-bond donors (Lipinski definition) is 1. The van der Waals surface area contributed by atoms with Gasteiger partial charge in [0.15, 0.2) is 0 Å². The number of carbonyl (C=O) groups excluding carboxylic acids is 2. The normalized spacial score (nSPS) is 12.2. The number of hydrogen-bond acceptors (Lipinski definition) is 5. The molecule has 1 atom stereocenters. The number of ether oxygens (including phenoxy) is 1. The van der Waals surface area contributed by atoms with Crippen LogP contribution in [0, 0.1) is 5.82 Å². The van der Waals surface area contributed by atoms with Crippen LogP contribution in [0.4, 0.5) is 10.1 Å². The van der Waals surface area contributed by atoms with E-state index >= 15 is 0 Å². The molecule has 11 heteroatoms. The van der Waals surface area contributed by atoms with Gasteiger partial charge < -0.3 is 15.0 Å². The molecule has 33 heavy (non-hydrogen) atoms. The number of carbonyl (C=O) groups is 2. The monoisotopic (exact) mass is 480 g/mol. The third-order valence-electron chi connectivity index (χ3n) is 5.07. The summed E-state index contributed by atoms with van der Waals surface area (Å²) in [6, 6.07) is 11.3. The number of methoxy groups -OCH3 is 1. The molecule has 0 bridgehead atoms. The number of para-hydroxylation sites is 1. The second-order valence-electron chi connectivity index (χ2n) is 7.41. The van der Waals surface area contributed by atoms with Crippen LogP contribution >= 0.6 is 0 Å². The summed E-state index contributed by atoms with van der Waals surface area (Å²) in [6.45, 7) is 0.873. The zero-order valence-electron chi connectivity index (χ0n) is 19.3. The minimum absolute atomic E-state index is 0.0323. The van der Waals surface area contributed by atoms with E-state index in [4.69, 9.17) is 4.74 Å². The summed E-state index contributed by atoms with van der Waals surface area (Å²) in [7, 11) is 1.33. The van der Waals surface area contributed by atoms with Crippen molar-refractivity contribution in [3.05, 3.63) is 59.9 Å². The highest BCUT2D eigenvalue weighted by atomic mass is 32.2. The number of nitrogens with zero attached hydrogens (tertiary/aromatic N) is 3. The molecule has 1 unspecified atom stereocenters. The number of nitrogens with one attached hydrogen (secondary N) is 1. The lowest BCUT2D eigenvalue weighted by Gasteiger charge is -2.32. The Labute approximate surface area is 193 Å². The third-order valence-corrected chi connectivity index (χ3v) is 6.87. The van der Waals surface area contributed by atoms with Crippen molar-refractivity contribution in [2.45, 2.75) is 19.5 Å². The Bertz CT molecular complexity index is 1080. The fourth-order valence-electron chi connectivity index (χ4n) is 3.07. The first kappa shape index (κ1) is 26.1. The number of anilines is 1. The van der Waals surface area contributed by atoms with Crippen molar-refractivity contribution >= 4 is 27.7 Å². The Kier molecular flexibility index (Phi) is 8.77. The van der Waals surface area contributed by atoms with Crippen LogP contribution in [0.3, 0.4) is 0 Å². The van der Waals surface area contributed by atoms with Gasteiger partial charge in [-0.25, -0.2) is 8.70 Å². The predicted octanol–water partition coefficient (Wildman–Crippen LogP) is 1.61. The molecular weight excluding hydrogens is 451 g/mol. The summed E-state index contributed by atoms with van der Waals surface area (Å²) >= 11 is 0. The van der Waals surface area contributed by atoms with Crippen molar-refractivity contribution in [2.24, 2.45) is 0 Å². The fourth-order valence-corrected chi connectivity index (χ4v) is 4.14. The number of rotatable bonds is 10. The standard InChI is InChI=1S/C22H29FN4O5S/c1-16(22(29)24-2)26(14-17-10-12-18(32-5)13-11-17)21(28)15-27(33(30,31)25(3)4)20-9-7-6-8-19(20)23/h6-13,16H,14-15H2,1-5H3,(H,24,29). The maximum atomic E-state index is 14.5. The summed E-state index contributed by atoms with van der Waals surface area (Å²) < 4.78 is 47.1.